The lowest BCUT2D eigenvalue weighted by atomic mass is 10.2. The second kappa shape index (κ2) is 7.46. The maximum absolute atomic E-state index is 13.5. The molecule has 0 unspecified atom stereocenters. The van der Waals surface area contributed by atoms with Gasteiger partial charge in [0.1, 0.15) is 11.6 Å². The molecule has 0 aliphatic rings. The first-order valence-electron chi connectivity index (χ1n) is 6.98. The second-order valence-electron chi connectivity index (χ2n) is 5.03. The van der Waals surface area contributed by atoms with Crippen LogP contribution in [0.1, 0.15) is 12.5 Å². The molecule has 1 N–H and O–H groups in total. The summed E-state index contributed by atoms with van der Waals surface area (Å²) in [6.07, 6.45) is -0.746. The monoisotopic (exact) mass is 381 g/mol. The molecular formula is C17H17BrFNO3. The molecule has 122 valence electrons. The van der Waals surface area contributed by atoms with Crippen LogP contribution in [0.3, 0.4) is 0 Å². The molecule has 2 rings (SSSR count). The molecule has 1 atom stereocenters. The third-order valence-electron chi connectivity index (χ3n) is 3.17. The van der Waals surface area contributed by atoms with Crippen LogP contribution >= 0.6 is 15.9 Å². The molecule has 0 aromatic heterocycles. The van der Waals surface area contributed by atoms with Gasteiger partial charge in [0.25, 0.3) is 5.91 Å². The Bertz CT molecular complexity index is 704. The molecule has 0 saturated heterocycles. The van der Waals surface area contributed by atoms with Gasteiger partial charge < -0.3 is 14.8 Å². The van der Waals surface area contributed by atoms with Crippen molar-refractivity contribution in [1.29, 1.82) is 0 Å². The van der Waals surface area contributed by atoms with Crippen molar-refractivity contribution in [2.45, 2.75) is 20.0 Å². The number of hydrogen-bond donors (Lipinski definition) is 1. The lowest BCUT2D eigenvalue weighted by Crippen LogP contribution is -2.30. The zero-order valence-electron chi connectivity index (χ0n) is 13.0. The number of carbonyl (C=O) groups excluding carboxylic acids is 1. The van der Waals surface area contributed by atoms with Crippen LogP contribution in [0.5, 0.6) is 11.5 Å². The molecule has 0 saturated carbocycles. The Kier molecular flexibility index (Phi) is 5.60. The summed E-state index contributed by atoms with van der Waals surface area (Å²) >= 11 is 3.20. The number of aryl methyl sites for hydroxylation is 1. The summed E-state index contributed by atoms with van der Waals surface area (Å²) < 4.78 is 24.7. The largest absolute Gasteiger partial charge is 0.493 e. The summed E-state index contributed by atoms with van der Waals surface area (Å²) in [6.45, 7) is 3.59. The van der Waals surface area contributed by atoms with Gasteiger partial charge in [0.2, 0.25) is 0 Å². The van der Waals surface area contributed by atoms with E-state index in [1.54, 1.807) is 19.1 Å². The minimum Gasteiger partial charge on any atom is -0.493 e. The molecule has 23 heavy (non-hydrogen) atoms. The number of methoxy groups -OCH3 is 1. The van der Waals surface area contributed by atoms with Gasteiger partial charge in [-0.05, 0) is 48.0 Å². The third-order valence-corrected chi connectivity index (χ3v) is 3.76. The van der Waals surface area contributed by atoms with E-state index in [9.17, 15) is 9.18 Å². The Morgan fingerprint density at radius 2 is 1.91 bits per heavy atom. The first kappa shape index (κ1) is 17.3. The number of amides is 1. The predicted molar refractivity (Wildman–Crippen MR) is 90.6 cm³/mol. The number of halogens is 2. The number of benzene rings is 2. The highest BCUT2D eigenvalue weighted by Gasteiger charge is 2.18. The van der Waals surface area contributed by atoms with Gasteiger partial charge in [0.05, 0.1) is 17.3 Å². The highest BCUT2D eigenvalue weighted by Crippen LogP contribution is 2.34. The quantitative estimate of drug-likeness (QED) is 0.839. The fraction of sp³-hybridized carbons (Fsp3) is 0.235. The Labute approximate surface area is 142 Å². The molecule has 6 heteroatoms. The first-order chi connectivity index (χ1) is 10.9. The number of ether oxygens (including phenoxy) is 2. The van der Waals surface area contributed by atoms with Crippen molar-refractivity contribution in [3.05, 3.63) is 52.3 Å². The average Bonchev–Trinajstić information content (AvgIpc) is 2.49. The van der Waals surface area contributed by atoms with E-state index in [1.165, 1.54) is 19.2 Å². The summed E-state index contributed by atoms with van der Waals surface area (Å²) in [4.78, 5) is 12.2. The van der Waals surface area contributed by atoms with Crippen molar-refractivity contribution in [3.8, 4) is 11.5 Å². The van der Waals surface area contributed by atoms with Crippen molar-refractivity contribution in [2.75, 3.05) is 12.4 Å². The smallest absolute Gasteiger partial charge is 0.265 e. The van der Waals surface area contributed by atoms with Crippen LogP contribution in [-0.2, 0) is 4.79 Å². The third kappa shape index (κ3) is 4.45. The van der Waals surface area contributed by atoms with Crippen LogP contribution < -0.4 is 14.8 Å². The Balaban J connectivity index is 2.10. The summed E-state index contributed by atoms with van der Waals surface area (Å²) in [5.74, 6) is 0.0504. The molecule has 0 aliphatic heterocycles. The van der Waals surface area contributed by atoms with Crippen molar-refractivity contribution in [3.63, 3.8) is 0 Å². The molecular weight excluding hydrogens is 365 g/mol. The summed E-state index contributed by atoms with van der Waals surface area (Å²) in [5.41, 5.74) is 1.34. The van der Waals surface area contributed by atoms with Crippen LogP contribution in [0.2, 0.25) is 0 Å². The SMILES string of the molecule is COc1c(Br)cc(F)cc1NC(=O)[C@H](C)Oc1ccc(C)cc1. The van der Waals surface area contributed by atoms with E-state index in [-0.39, 0.29) is 5.69 Å². The molecule has 0 aliphatic carbocycles. The molecule has 0 radical (unpaired) electrons. The van der Waals surface area contributed by atoms with Gasteiger partial charge in [0, 0.05) is 6.07 Å². The van der Waals surface area contributed by atoms with Crippen LogP contribution in [0.4, 0.5) is 10.1 Å². The summed E-state index contributed by atoms with van der Waals surface area (Å²) in [7, 11) is 1.44. The van der Waals surface area contributed by atoms with Gasteiger partial charge in [-0.3, -0.25) is 4.79 Å². The predicted octanol–water partition coefficient (Wildman–Crippen LogP) is 4.31. The lowest BCUT2D eigenvalue weighted by molar-refractivity contribution is -0.122. The average molecular weight is 382 g/mol. The van der Waals surface area contributed by atoms with E-state index in [4.69, 9.17) is 9.47 Å². The van der Waals surface area contributed by atoms with Crippen LogP contribution in [0.15, 0.2) is 40.9 Å². The van der Waals surface area contributed by atoms with E-state index >= 15 is 0 Å². The van der Waals surface area contributed by atoms with Gasteiger partial charge in [-0.1, -0.05) is 17.7 Å². The molecule has 0 spiro atoms. The zero-order chi connectivity index (χ0) is 17.0. The number of carbonyl (C=O) groups is 1. The van der Waals surface area contributed by atoms with Gasteiger partial charge in [-0.15, -0.1) is 0 Å². The highest BCUT2D eigenvalue weighted by atomic mass is 79.9. The molecule has 1 amide bonds. The highest BCUT2D eigenvalue weighted by molar-refractivity contribution is 9.10. The Morgan fingerprint density at radius 3 is 2.52 bits per heavy atom. The molecule has 0 heterocycles. The van der Waals surface area contributed by atoms with E-state index in [2.05, 4.69) is 21.2 Å². The number of nitrogens with one attached hydrogen (secondary N) is 1. The van der Waals surface area contributed by atoms with Crippen LogP contribution in [-0.4, -0.2) is 19.1 Å². The molecule has 4 nitrogen and oxygen atoms in total. The van der Waals surface area contributed by atoms with Crippen molar-refractivity contribution in [2.24, 2.45) is 0 Å². The minimum atomic E-state index is -0.746. The molecule has 0 fully saturated rings. The van der Waals surface area contributed by atoms with E-state index in [0.29, 0.717) is 16.0 Å². The standard InChI is InChI=1S/C17H17BrFNO3/c1-10-4-6-13(7-5-10)23-11(2)17(21)20-15-9-12(19)8-14(18)16(15)22-3/h4-9,11H,1-3H3,(H,20,21)/t11-/m0/s1. The molecule has 2 aromatic rings. The number of rotatable bonds is 5. The Hall–Kier alpha value is -2.08. The maximum atomic E-state index is 13.5. The second-order valence-corrected chi connectivity index (χ2v) is 5.89. The topological polar surface area (TPSA) is 47.6 Å². The number of anilines is 1. The maximum Gasteiger partial charge on any atom is 0.265 e. The summed E-state index contributed by atoms with van der Waals surface area (Å²) in [5, 5.41) is 2.62. The van der Waals surface area contributed by atoms with Gasteiger partial charge in [-0.2, -0.15) is 0 Å². The lowest BCUT2D eigenvalue weighted by Gasteiger charge is -2.17. The Morgan fingerprint density at radius 1 is 1.26 bits per heavy atom. The minimum absolute atomic E-state index is 0.240. The zero-order valence-corrected chi connectivity index (χ0v) is 14.6. The van der Waals surface area contributed by atoms with Crippen LogP contribution in [0, 0.1) is 12.7 Å². The normalized spacial score (nSPS) is 11.7. The van der Waals surface area contributed by atoms with Crippen LogP contribution in [0.25, 0.3) is 0 Å². The fourth-order valence-electron chi connectivity index (χ4n) is 1.97. The van der Waals surface area contributed by atoms with E-state index < -0.39 is 17.8 Å². The van der Waals surface area contributed by atoms with Crippen molar-refractivity contribution >= 4 is 27.5 Å². The van der Waals surface area contributed by atoms with E-state index in [0.717, 1.165) is 5.56 Å². The fourth-order valence-corrected chi connectivity index (χ4v) is 2.56. The van der Waals surface area contributed by atoms with Gasteiger partial charge >= 0.3 is 0 Å². The molecule has 2 aromatic carbocycles. The van der Waals surface area contributed by atoms with E-state index in [1.807, 2.05) is 19.1 Å². The number of hydrogen-bond acceptors (Lipinski definition) is 3. The van der Waals surface area contributed by atoms with Gasteiger partial charge in [0.15, 0.2) is 11.9 Å². The van der Waals surface area contributed by atoms with Crippen molar-refractivity contribution in [1.82, 2.24) is 0 Å². The van der Waals surface area contributed by atoms with Gasteiger partial charge in [-0.25, -0.2) is 4.39 Å². The van der Waals surface area contributed by atoms with Crippen molar-refractivity contribution < 1.29 is 18.7 Å². The summed E-state index contributed by atoms with van der Waals surface area (Å²) in [6, 6.07) is 9.83. The first-order valence-corrected chi connectivity index (χ1v) is 7.77. The molecule has 0 bridgehead atoms.